The number of nitrogens with zero attached hydrogens (tertiary/aromatic N) is 2. The van der Waals surface area contributed by atoms with Gasteiger partial charge in [0.1, 0.15) is 11.6 Å². The molecule has 118 valence electrons. The third-order valence-corrected chi connectivity index (χ3v) is 3.77. The third kappa shape index (κ3) is 2.40. The molecular formula is C16H12F2N2O3. The maximum atomic E-state index is 13.8. The molecule has 0 amide bonds. The van der Waals surface area contributed by atoms with Crippen LogP contribution in [0.3, 0.4) is 0 Å². The van der Waals surface area contributed by atoms with E-state index in [0.717, 1.165) is 12.1 Å². The third-order valence-electron chi connectivity index (χ3n) is 3.77. The standard InChI is InChI=1S/C16H12F2N2O3/c1-19-14-7-9(15(21)22)5-6-13(14)20(16(19)23)8-10-11(17)3-2-4-12(10)18/h2-7H,8H2,1H3,(H,21,22). The van der Waals surface area contributed by atoms with Crippen LogP contribution in [0.2, 0.25) is 0 Å². The van der Waals surface area contributed by atoms with Crippen LogP contribution in [0.15, 0.2) is 41.2 Å². The number of benzene rings is 2. The highest BCUT2D eigenvalue weighted by Gasteiger charge is 2.16. The number of carboxylic acids is 1. The van der Waals surface area contributed by atoms with E-state index in [-0.39, 0.29) is 17.7 Å². The summed E-state index contributed by atoms with van der Waals surface area (Å²) in [6.45, 7) is -0.277. The number of hydrogen-bond donors (Lipinski definition) is 1. The number of rotatable bonds is 3. The minimum Gasteiger partial charge on any atom is -0.478 e. The number of imidazole rings is 1. The summed E-state index contributed by atoms with van der Waals surface area (Å²) in [5.74, 6) is -2.60. The fourth-order valence-electron chi connectivity index (χ4n) is 2.53. The summed E-state index contributed by atoms with van der Waals surface area (Å²) < 4.78 is 30.1. The molecule has 7 heteroatoms. The van der Waals surface area contributed by atoms with Gasteiger partial charge in [-0.2, -0.15) is 0 Å². The molecule has 3 aromatic rings. The molecule has 0 aliphatic heterocycles. The normalized spacial score (nSPS) is 11.1. The largest absolute Gasteiger partial charge is 0.478 e. The fraction of sp³-hybridized carbons (Fsp3) is 0.125. The van der Waals surface area contributed by atoms with Gasteiger partial charge in [-0.1, -0.05) is 6.07 Å². The van der Waals surface area contributed by atoms with Crippen molar-refractivity contribution in [2.45, 2.75) is 6.54 Å². The fourth-order valence-corrected chi connectivity index (χ4v) is 2.53. The first-order chi connectivity index (χ1) is 10.9. The van der Waals surface area contributed by atoms with Crippen molar-refractivity contribution in [2.24, 2.45) is 7.05 Å². The second-order valence-electron chi connectivity index (χ2n) is 5.14. The lowest BCUT2D eigenvalue weighted by molar-refractivity contribution is 0.0697. The van der Waals surface area contributed by atoms with Gasteiger partial charge >= 0.3 is 11.7 Å². The molecule has 23 heavy (non-hydrogen) atoms. The summed E-state index contributed by atoms with van der Waals surface area (Å²) >= 11 is 0. The Balaban J connectivity index is 2.21. The molecular weight excluding hydrogens is 306 g/mol. The van der Waals surface area contributed by atoms with E-state index in [0.29, 0.717) is 11.0 Å². The summed E-state index contributed by atoms with van der Waals surface area (Å²) in [5.41, 5.74) is 0.119. The highest BCUT2D eigenvalue weighted by molar-refractivity contribution is 5.92. The molecule has 0 aliphatic rings. The first-order valence-corrected chi connectivity index (χ1v) is 6.75. The molecule has 0 saturated carbocycles. The molecule has 0 aliphatic carbocycles. The van der Waals surface area contributed by atoms with Crippen LogP contribution >= 0.6 is 0 Å². The van der Waals surface area contributed by atoms with Crippen LogP contribution in [0.1, 0.15) is 15.9 Å². The first-order valence-electron chi connectivity index (χ1n) is 6.75. The predicted octanol–water partition coefficient (Wildman–Crippen LogP) is 2.36. The van der Waals surface area contributed by atoms with Crippen molar-refractivity contribution in [3.8, 4) is 0 Å². The molecule has 1 aromatic heterocycles. The topological polar surface area (TPSA) is 64.2 Å². The van der Waals surface area contributed by atoms with Crippen LogP contribution in [0.25, 0.3) is 11.0 Å². The highest BCUT2D eigenvalue weighted by atomic mass is 19.1. The monoisotopic (exact) mass is 318 g/mol. The van der Waals surface area contributed by atoms with Gasteiger partial charge in [0.2, 0.25) is 0 Å². The Morgan fingerprint density at radius 1 is 1.13 bits per heavy atom. The van der Waals surface area contributed by atoms with Gasteiger partial charge in [-0.05, 0) is 30.3 Å². The Hall–Kier alpha value is -2.96. The summed E-state index contributed by atoms with van der Waals surface area (Å²) in [6, 6.07) is 7.65. The van der Waals surface area contributed by atoms with Gasteiger partial charge in [0, 0.05) is 12.6 Å². The van der Waals surface area contributed by atoms with E-state index in [2.05, 4.69) is 0 Å². The Labute approximate surface area is 129 Å². The molecule has 0 unspecified atom stereocenters. The van der Waals surface area contributed by atoms with Crippen LogP contribution in [-0.4, -0.2) is 20.2 Å². The average molecular weight is 318 g/mol. The van der Waals surface area contributed by atoms with E-state index in [9.17, 15) is 18.4 Å². The van der Waals surface area contributed by atoms with E-state index in [1.54, 1.807) is 0 Å². The average Bonchev–Trinajstić information content (AvgIpc) is 2.75. The number of carbonyl (C=O) groups is 1. The molecule has 0 saturated heterocycles. The van der Waals surface area contributed by atoms with Crippen molar-refractivity contribution in [3.05, 3.63) is 69.6 Å². The molecule has 1 N–H and O–H groups in total. The van der Waals surface area contributed by atoms with Gasteiger partial charge in [0.05, 0.1) is 23.1 Å². The zero-order valence-corrected chi connectivity index (χ0v) is 12.1. The van der Waals surface area contributed by atoms with Crippen LogP contribution in [0.4, 0.5) is 8.78 Å². The van der Waals surface area contributed by atoms with Crippen LogP contribution in [0, 0.1) is 11.6 Å². The van der Waals surface area contributed by atoms with Gasteiger partial charge in [-0.3, -0.25) is 9.13 Å². The lowest BCUT2D eigenvalue weighted by Gasteiger charge is -2.06. The summed E-state index contributed by atoms with van der Waals surface area (Å²) in [4.78, 5) is 23.4. The Morgan fingerprint density at radius 2 is 1.78 bits per heavy atom. The predicted molar refractivity (Wildman–Crippen MR) is 79.6 cm³/mol. The maximum absolute atomic E-state index is 13.8. The van der Waals surface area contributed by atoms with E-state index < -0.39 is 23.3 Å². The summed E-state index contributed by atoms with van der Waals surface area (Å²) in [5, 5.41) is 9.03. The van der Waals surface area contributed by atoms with Crippen LogP contribution in [-0.2, 0) is 13.6 Å². The Kier molecular flexibility index (Phi) is 3.48. The lowest BCUT2D eigenvalue weighted by Crippen LogP contribution is -2.23. The molecule has 1 heterocycles. The maximum Gasteiger partial charge on any atom is 0.335 e. The van der Waals surface area contributed by atoms with Gasteiger partial charge in [0.25, 0.3) is 0 Å². The molecule has 0 atom stereocenters. The number of fused-ring (bicyclic) bond motifs is 1. The molecule has 0 radical (unpaired) electrons. The molecule has 0 fully saturated rings. The van der Waals surface area contributed by atoms with Crippen molar-refractivity contribution in [1.29, 1.82) is 0 Å². The molecule has 5 nitrogen and oxygen atoms in total. The van der Waals surface area contributed by atoms with E-state index >= 15 is 0 Å². The number of aryl methyl sites for hydroxylation is 1. The minimum atomic E-state index is -1.12. The first kappa shape index (κ1) is 15.0. The number of hydrogen-bond acceptors (Lipinski definition) is 2. The van der Waals surface area contributed by atoms with E-state index in [1.165, 1.54) is 40.4 Å². The van der Waals surface area contributed by atoms with Crippen LogP contribution in [0.5, 0.6) is 0 Å². The number of halogens is 2. The zero-order chi connectivity index (χ0) is 16.7. The summed E-state index contributed by atoms with van der Waals surface area (Å²) in [7, 11) is 1.48. The van der Waals surface area contributed by atoms with Crippen molar-refractivity contribution in [3.63, 3.8) is 0 Å². The second-order valence-corrected chi connectivity index (χ2v) is 5.14. The van der Waals surface area contributed by atoms with Crippen molar-refractivity contribution in [1.82, 2.24) is 9.13 Å². The molecule has 0 spiro atoms. The quantitative estimate of drug-likeness (QED) is 0.806. The lowest BCUT2D eigenvalue weighted by atomic mass is 10.1. The minimum absolute atomic E-state index is 0.0299. The van der Waals surface area contributed by atoms with Gasteiger partial charge in [-0.15, -0.1) is 0 Å². The summed E-state index contributed by atoms with van der Waals surface area (Å²) in [6.07, 6.45) is 0. The van der Waals surface area contributed by atoms with Crippen LogP contribution < -0.4 is 5.69 Å². The smallest absolute Gasteiger partial charge is 0.335 e. The highest BCUT2D eigenvalue weighted by Crippen LogP contribution is 2.19. The number of carboxylic acid groups (broad SMARTS) is 1. The zero-order valence-electron chi connectivity index (χ0n) is 12.1. The van der Waals surface area contributed by atoms with Crippen molar-refractivity contribution < 1.29 is 18.7 Å². The van der Waals surface area contributed by atoms with Gasteiger partial charge in [0.15, 0.2) is 0 Å². The van der Waals surface area contributed by atoms with E-state index in [4.69, 9.17) is 5.11 Å². The van der Waals surface area contributed by atoms with Gasteiger partial charge < -0.3 is 5.11 Å². The van der Waals surface area contributed by atoms with Gasteiger partial charge in [-0.25, -0.2) is 18.4 Å². The SMILES string of the molecule is Cn1c(=O)n(Cc2c(F)cccc2F)c2ccc(C(=O)O)cc21. The van der Waals surface area contributed by atoms with Crippen molar-refractivity contribution >= 4 is 17.0 Å². The number of aromatic carboxylic acids is 1. The Morgan fingerprint density at radius 3 is 2.39 bits per heavy atom. The molecule has 2 aromatic carbocycles. The number of aromatic nitrogens is 2. The Bertz CT molecular complexity index is 969. The molecule has 0 bridgehead atoms. The molecule has 3 rings (SSSR count). The van der Waals surface area contributed by atoms with E-state index in [1.807, 2.05) is 0 Å². The second kappa shape index (κ2) is 5.35. The van der Waals surface area contributed by atoms with Crippen molar-refractivity contribution in [2.75, 3.05) is 0 Å².